The van der Waals surface area contributed by atoms with Crippen LogP contribution in [0.2, 0.25) is 0 Å². The Morgan fingerprint density at radius 2 is 1.77 bits per heavy atom. The number of hydrogen-bond donors (Lipinski definition) is 1. The predicted octanol–water partition coefficient (Wildman–Crippen LogP) is 4.46. The van der Waals surface area contributed by atoms with Gasteiger partial charge in [-0.05, 0) is 37.1 Å². The molecule has 0 aromatic heterocycles. The van der Waals surface area contributed by atoms with E-state index in [0.717, 1.165) is 10.9 Å². The van der Waals surface area contributed by atoms with Gasteiger partial charge in [0.15, 0.2) is 5.60 Å². The Hall–Kier alpha value is -1.81. The number of ether oxygens (including phenoxy) is 1. The van der Waals surface area contributed by atoms with Crippen LogP contribution in [-0.4, -0.2) is 22.0 Å². The highest BCUT2D eigenvalue weighted by Crippen LogP contribution is 2.30. The van der Waals surface area contributed by atoms with Crippen molar-refractivity contribution in [1.82, 2.24) is 0 Å². The molecule has 0 radical (unpaired) electrons. The van der Waals surface area contributed by atoms with E-state index < -0.39 is 11.6 Å². The highest BCUT2D eigenvalue weighted by atomic mass is 79.9. The first-order chi connectivity index (χ1) is 10.4. The van der Waals surface area contributed by atoms with Gasteiger partial charge < -0.3 is 9.84 Å². The Balaban J connectivity index is 2.29. The summed E-state index contributed by atoms with van der Waals surface area (Å²) in [5.41, 5.74) is 1.03. The molecule has 0 fully saturated rings. The Morgan fingerprint density at radius 3 is 2.36 bits per heavy atom. The minimum Gasteiger partial charge on any atom is -0.478 e. The van der Waals surface area contributed by atoms with Gasteiger partial charge in [0, 0.05) is 11.2 Å². The second-order valence-electron chi connectivity index (χ2n) is 5.61. The number of hydrogen-bond acceptors (Lipinski definition) is 2. The van der Waals surface area contributed by atoms with Crippen LogP contribution < -0.4 is 4.74 Å². The molecule has 0 saturated carbocycles. The van der Waals surface area contributed by atoms with E-state index in [2.05, 4.69) is 28.1 Å². The molecular formula is C18H19BrO3. The van der Waals surface area contributed by atoms with Crippen LogP contribution in [0.3, 0.4) is 0 Å². The maximum Gasteiger partial charge on any atom is 0.347 e. The minimum absolute atomic E-state index is 0.192. The smallest absolute Gasteiger partial charge is 0.347 e. The highest BCUT2D eigenvalue weighted by molar-refractivity contribution is 9.09. The summed E-state index contributed by atoms with van der Waals surface area (Å²) in [7, 11) is 0. The first kappa shape index (κ1) is 16.6. The van der Waals surface area contributed by atoms with E-state index in [4.69, 9.17) is 4.74 Å². The molecule has 1 N–H and O–H groups in total. The molecule has 2 rings (SSSR count). The molecule has 0 saturated heterocycles. The first-order valence-corrected chi connectivity index (χ1v) is 8.19. The zero-order valence-corrected chi connectivity index (χ0v) is 14.2. The number of halogens is 1. The van der Waals surface area contributed by atoms with Crippen LogP contribution in [0, 0.1) is 0 Å². The molecule has 0 spiro atoms. The summed E-state index contributed by atoms with van der Waals surface area (Å²) in [6, 6.07) is 17.8. The molecule has 2 aromatic carbocycles. The highest BCUT2D eigenvalue weighted by Gasteiger charge is 2.29. The Morgan fingerprint density at radius 1 is 1.14 bits per heavy atom. The monoisotopic (exact) mass is 362 g/mol. The van der Waals surface area contributed by atoms with E-state index >= 15 is 0 Å². The van der Waals surface area contributed by atoms with Crippen molar-refractivity contribution in [3.63, 3.8) is 0 Å². The fraction of sp³-hybridized carbons (Fsp3) is 0.278. The van der Waals surface area contributed by atoms with Crippen LogP contribution >= 0.6 is 15.9 Å². The first-order valence-electron chi connectivity index (χ1n) is 7.07. The molecule has 0 heterocycles. The molecule has 0 bridgehead atoms. The number of carbonyl (C=O) groups is 1. The molecular weight excluding hydrogens is 344 g/mol. The molecule has 4 heteroatoms. The Bertz CT molecular complexity index is 638. The molecule has 0 aliphatic heterocycles. The van der Waals surface area contributed by atoms with Crippen molar-refractivity contribution in [3.8, 4) is 5.75 Å². The van der Waals surface area contributed by atoms with Crippen molar-refractivity contribution < 1.29 is 14.6 Å². The zero-order chi connectivity index (χ0) is 16.2. The molecule has 0 aliphatic rings. The lowest BCUT2D eigenvalue weighted by Gasteiger charge is -2.23. The van der Waals surface area contributed by atoms with Gasteiger partial charge in [-0.1, -0.05) is 58.4 Å². The fourth-order valence-corrected chi connectivity index (χ4v) is 2.94. The summed E-state index contributed by atoms with van der Waals surface area (Å²) in [6.07, 6.45) is 0. The number of carboxylic acids is 1. The average molecular weight is 363 g/mol. The van der Waals surface area contributed by atoms with E-state index in [1.54, 1.807) is 19.9 Å². The van der Waals surface area contributed by atoms with Crippen LogP contribution in [0.1, 0.15) is 30.9 Å². The summed E-state index contributed by atoms with van der Waals surface area (Å²) in [5, 5.41) is 9.95. The number of aliphatic carboxylic acids is 1. The molecule has 2 aromatic rings. The number of alkyl halides is 1. The Labute approximate surface area is 139 Å². The van der Waals surface area contributed by atoms with Crippen molar-refractivity contribution in [2.75, 3.05) is 5.33 Å². The van der Waals surface area contributed by atoms with E-state index in [9.17, 15) is 9.90 Å². The summed E-state index contributed by atoms with van der Waals surface area (Å²) in [5.74, 6) is -0.234. The lowest BCUT2D eigenvalue weighted by molar-refractivity contribution is -0.152. The normalized spacial score (nSPS) is 12.7. The van der Waals surface area contributed by atoms with Gasteiger partial charge in [-0.3, -0.25) is 0 Å². The van der Waals surface area contributed by atoms with Gasteiger partial charge in [-0.25, -0.2) is 4.79 Å². The van der Waals surface area contributed by atoms with E-state index in [1.165, 1.54) is 5.56 Å². The molecule has 0 amide bonds. The van der Waals surface area contributed by atoms with Gasteiger partial charge in [0.1, 0.15) is 5.75 Å². The van der Waals surface area contributed by atoms with Crippen LogP contribution in [0.4, 0.5) is 0 Å². The summed E-state index contributed by atoms with van der Waals surface area (Å²) in [4.78, 5) is 11.2. The molecule has 1 unspecified atom stereocenters. The second-order valence-corrected chi connectivity index (χ2v) is 6.26. The molecule has 116 valence electrons. The summed E-state index contributed by atoms with van der Waals surface area (Å²) in [6.45, 7) is 3.09. The quantitative estimate of drug-likeness (QED) is 0.771. The Kier molecular flexibility index (Phi) is 5.24. The van der Waals surface area contributed by atoms with Crippen molar-refractivity contribution in [2.45, 2.75) is 25.4 Å². The largest absolute Gasteiger partial charge is 0.478 e. The minimum atomic E-state index is -1.25. The average Bonchev–Trinajstić information content (AvgIpc) is 2.49. The van der Waals surface area contributed by atoms with Crippen molar-refractivity contribution in [2.24, 2.45) is 0 Å². The van der Waals surface area contributed by atoms with Crippen LogP contribution in [0.25, 0.3) is 0 Å². The maximum absolute atomic E-state index is 11.2. The van der Waals surface area contributed by atoms with Gasteiger partial charge >= 0.3 is 5.97 Å². The third-order valence-electron chi connectivity index (χ3n) is 3.50. The maximum atomic E-state index is 11.2. The summed E-state index contributed by atoms with van der Waals surface area (Å²) >= 11 is 3.56. The number of benzene rings is 2. The molecule has 1 atom stereocenters. The third kappa shape index (κ3) is 3.89. The van der Waals surface area contributed by atoms with E-state index in [0.29, 0.717) is 5.75 Å². The van der Waals surface area contributed by atoms with Gasteiger partial charge in [-0.15, -0.1) is 0 Å². The zero-order valence-electron chi connectivity index (χ0n) is 12.6. The summed E-state index contributed by atoms with van der Waals surface area (Å²) < 4.78 is 5.62. The van der Waals surface area contributed by atoms with Gasteiger partial charge in [-0.2, -0.15) is 0 Å². The van der Waals surface area contributed by atoms with Gasteiger partial charge in [0.2, 0.25) is 0 Å². The van der Waals surface area contributed by atoms with Crippen LogP contribution in [-0.2, 0) is 4.79 Å². The topological polar surface area (TPSA) is 46.5 Å². The van der Waals surface area contributed by atoms with Crippen molar-refractivity contribution in [3.05, 3.63) is 65.7 Å². The molecule has 3 nitrogen and oxygen atoms in total. The number of rotatable bonds is 6. The van der Waals surface area contributed by atoms with Crippen molar-refractivity contribution >= 4 is 21.9 Å². The predicted molar refractivity (Wildman–Crippen MR) is 90.9 cm³/mol. The third-order valence-corrected chi connectivity index (χ3v) is 4.15. The van der Waals surface area contributed by atoms with Gasteiger partial charge in [0.05, 0.1) is 0 Å². The molecule has 22 heavy (non-hydrogen) atoms. The van der Waals surface area contributed by atoms with Crippen LogP contribution in [0.15, 0.2) is 54.6 Å². The number of carboxylic acid groups (broad SMARTS) is 1. The second kappa shape index (κ2) is 6.97. The van der Waals surface area contributed by atoms with Crippen LogP contribution in [0.5, 0.6) is 5.75 Å². The van der Waals surface area contributed by atoms with E-state index in [1.807, 2.05) is 36.4 Å². The molecule has 0 aliphatic carbocycles. The SMILES string of the molecule is CC(C)(Oc1cccc(C(CBr)c2ccccc2)c1)C(=O)O. The van der Waals surface area contributed by atoms with E-state index in [-0.39, 0.29) is 5.92 Å². The van der Waals surface area contributed by atoms with Gasteiger partial charge in [0.25, 0.3) is 0 Å². The standard InChI is InChI=1S/C18H19BrO3/c1-18(2,17(20)21)22-15-10-6-9-14(11-15)16(12-19)13-7-4-3-5-8-13/h3-11,16H,12H2,1-2H3,(H,20,21). The fourth-order valence-electron chi connectivity index (χ4n) is 2.19. The lowest BCUT2D eigenvalue weighted by atomic mass is 9.93. The lowest BCUT2D eigenvalue weighted by Crippen LogP contribution is -2.37. The van der Waals surface area contributed by atoms with Crippen molar-refractivity contribution in [1.29, 1.82) is 0 Å².